The largest absolute Gasteiger partial charge is 0.497 e. The number of benzene rings is 1. The smallest absolute Gasteiger partial charge is 0.134 e. The first-order valence-electron chi connectivity index (χ1n) is 9.22. The van der Waals surface area contributed by atoms with Gasteiger partial charge in [0.05, 0.1) is 12.6 Å². The Morgan fingerprint density at radius 2 is 2.24 bits per heavy atom. The second-order valence-corrected chi connectivity index (χ2v) is 7.32. The molecule has 0 radical (unpaired) electrons. The monoisotopic (exact) mass is 342 g/mol. The van der Waals surface area contributed by atoms with E-state index in [0.717, 1.165) is 53.6 Å². The first-order chi connectivity index (χ1) is 12.2. The highest BCUT2D eigenvalue weighted by atomic mass is 17.1. The van der Waals surface area contributed by atoms with Crippen LogP contribution in [0.25, 0.3) is 10.9 Å². The summed E-state index contributed by atoms with van der Waals surface area (Å²) in [5.41, 5.74) is 1.87. The molecule has 0 saturated carbocycles. The third-order valence-electron chi connectivity index (χ3n) is 6.21. The molecular formula is C20H26N2O3. The number of ether oxygens (including phenoxy) is 1. The van der Waals surface area contributed by atoms with Crippen molar-refractivity contribution in [2.45, 2.75) is 38.3 Å². The van der Waals surface area contributed by atoms with Gasteiger partial charge in [-0.2, -0.15) is 0 Å². The van der Waals surface area contributed by atoms with Crippen LogP contribution in [0.2, 0.25) is 0 Å². The Labute approximate surface area is 148 Å². The van der Waals surface area contributed by atoms with Gasteiger partial charge in [-0.15, -0.1) is 0 Å². The minimum atomic E-state index is -0.363. The van der Waals surface area contributed by atoms with E-state index in [0.29, 0.717) is 0 Å². The van der Waals surface area contributed by atoms with E-state index in [1.165, 1.54) is 12.8 Å². The molecule has 3 aliphatic heterocycles. The topological polar surface area (TPSA) is 54.8 Å². The van der Waals surface area contributed by atoms with Gasteiger partial charge in [-0.3, -0.25) is 15.1 Å². The van der Waals surface area contributed by atoms with Crippen LogP contribution in [-0.2, 0) is 4.89 Å². The molecule has 1 N–H and O–H groups in total. The summed E-state index contributed by atoms with van der Waals surface area (Å²) in [5.74, 6) is 2.30. The Kier molecular flexibility index (Phi) is 4.63. The Hall–Kier alpha value is -1.69. The quantitative estimate of drug-likeness (QED) is 0.660. The molecule has 5 heteroatoms. The van der Waals surface area contributed by atoms with E-state index >= 15 is 0 Å². The van der Waals surface area contributed by atoms with Crippen LogP contribution in [0.1, 0.15) is 37.9 Å². The first kappa shape index (κ1) is 16.8. The molecule has 0 aliphatic carbocycles. The average molecular weight is 342 g/mol. The third-order valence-corrected chi connectivity index (χ3v) is 6.21. The molecule has 0 amide bonds. The maximum atomic E-state index is 9.79. The zero-order valence-corrected chi connectivity index (χ0v) is 14.9. The highest BCUT2D eigenvalue weighted by Gasteiger charge is 2.43. The van der Waals surface area contributed by atoms with Gasteiger partial charge < -0.3 is 4.74 Å². The molecule has 5 rings (SSSR count). The Morgan fingerprint density at radius 3 is 2.92 bits per heavy atom. The van der Waals surface area contributed by atoms with Crippen LogP contribution in [0, 0.1) is 11.8 Å². The van der Waals surface area contributed by atoms with E-state index in [1.54, 1.807) is 13.3 Å². The normalized spacial score (nSPS) is 29.7. The molecule has 1 aromatic carbocycles. The standard InChI is InChI=1S/C20H26N2O3/c1-3-13-12-22-9-7-14(13)10-19(22)20(25-23)16-6-8-21-18-5-4-15(24-2)11-17(16)18/h4-6,8,11,13-14,19-20,23H,3,7,9-10,12H2,1-2H3/t13-,14-,19+,20-/m1/s1. The van der Waals surface area contributed by atoms with Gasteiger partial charge in [-0.25, -0.2) is 4.89 Å². The minimum absolute atomic E-state index is 0.211. The lowest BCUT2D eigenvalue weighted by Crippen LogP contribution is -2.55. The Bertz CT molecular complexity index is 751. The van der Waals surface area contributed by atoms with E-state index in [-0.39, 0.29) is 12.1 Å². The van der Waals surface area contributed by atoms with Crippen LogP contribution in [0.4, 0.5) is 0 Å². The van der Waals surface area contributed by atoms with Crippen LogP contribution in [0.15, 0.2) is 30.5 Å². The summed E-state index contributed by atoms with van der Waals surface area (Å²) in [7, 11) is 1.66. The molecular weight excluding hydrogens is 316 g/mol. The first-order valence-corrected chi connectivity index (χ1v) is 9.22. The number of hydrogen-bond donors (Lipinski definition) is 1. The second kappa shape index (κ2) is 6.90. The van der Waals surface area contributed by atoms with E-state index < -0.39 is 0 Å². The van der Waals surface area contributed by atoms with Gasteiger partial charge >= 0.3 is 0 Å². The molecule has 5 nitrogen and oxygen atoms in total. The molecule has 3 saturated heterocycles. The number of rotatable bonds is 5. The second-order valence-electron chi connectivity index (χ2n) is 7.32. The lowest BCUT2D eigenvalue weighted by atomic mass is 9.72. The van der Waals surface area contributed by atoms with E-state index in [1.807, 2.05) is 24.3 Å². The minimum Gasteiger partial charge on any atom is -0.497 e. The van der Waals surface area contributed by atoms with E-state index in [2.05, 4.69) is 16.8 Å². The highest BCUT2D eigenvalue weighted by molar-refractivity contribution is 5.84. The van der Waals surface area contributed by atoms with Crippen molar-refractivity contribution in [3.05, 3.63) is 36.0 Å². The van der Waals surface area contributed by atoms with Gasteiger partial charge in [-0.05, 0) is 61.1 Å². The number of piperidine rings is 3. The fourth-order valence-electron chi connectivity index (χ4n) is 4.81. The van der Waals surface area contributed by atoms with Gasteiger partial charge in [0, 0.05) is 24.2 Å². The third kappa shape index (κ3) is 2.90. The van der Waals surface area contributed by atoms with E-state index in [9.17, 15) is 5.26 Å². The molecule has 1 aromatic heterocycles. The predicted octanol–water partition coefficient (Wildman–Crippen LogP) is 3.89. The zero-order valence-electron chi connectivity index (χ0n) is 14.9. The van der Waals surface area contributed by atoms with Crippen molar-refractivity contribution in [3.63, 3.8) is 0 Å². The summed E-state index contributed by atoms with van der Waals surface area (Å²) in [6.07, 6.45) is 5.00. The number of hydrogen-bond acceptors (Lipinski definition) is 5. The molecule has 2 aromatic rings. The molecule has 4 heterocycles. The fourth-order valence-corrected chi connectivity index (χ4v) is 4.81. The molecule has 3 aliphatic rings. The maximum Gasteiger partial charge on any atom is 0.134 e. The van der Waals surface area contributed by atoms with Gasteiger partial charge in [0.1, 0.15) is 11.9 Å². The lowest BCUT2D eigenvalue weighted by molar-refractivity contribution is -0.300. The molecule has 1 unspecified atom stereocenters. The number of fused-ring (bicyclic) bond motifs is 4. The van der Waals surface area contributed by atoms with Gasteiger partial charge in [-0.1, -0.05) is 13.3 Å². The SMILES string of the molecule is CC[C@@H]1CN2CC[C@@H]1C[C@H]2[C@H](OO)c1ccnc2ccc(OC)cc12. The summed E-state index contributed by atoms with van der Waals surface area (Å²) >= 11 is 0. The van der Waals surface area contributed by atoms with Crippen LogP contribution < -0.4 is 4.74 Å². The van der Waals surface area contributed by atoms with Gasteiger partial charge in [0.2, 0.25) is 0 Å². The number of nitrogens with zero attached hydrogens (tertiary/aromatic N) is 2. The maximum absolute atomic E-state index is 9.79. The molecule has 25 heavy (non-hydrogen) atoms. The van der Waals surface area contributed by atoms with Crippen molar-refractivity contribution in [1.29, 1.82) is 0 Å². The predicted molar refractivity (Wildman–Crippen MR) is 96.6 cm³/mol. The molecule has 2 bridgehead atoms. The average Bonchev–Trinajstić information content (AvgIpc) is 2.68. The molecule has 5 atom stereocenters. The number of aromatic nitrogens is 1. The summed E-state index contributed by atoms with van der Waals surface area (Å²) in [4.78, 5) is 12.0. The summed E-state index contributed by atoms with van der Waals surface area (Å²) in [6.45, 7) is 4.49. The van der Waals surface area contributed by atoms with Crippen molar-refractivity contribution >= 4 is 10.9 Å². The van der Waals surface area contributed by atoms with Gasteiger partial charge in [0.25, 0.3) is 0 Å². The van der Waals surface area contributed by atoms with Crippen molar-refractivity contribution in [1.82, 2.24) is 9.88 Å². The Morgan fingerprint density at radius 1 is 1.36 bits per heavy atom. The zero-order chi connectivity index (χ0) is 17.4. The molecule has 134 valence electrons. The number of pyridine rings is 1. The number of methoxy groups -OCH3 is 1. The van der Waals surface area contributed by atoms with E-state index in [4.69, 9.17) is 9.62 Å². The van der Waals surface area contributed by atoms with Crippen LogP contribution in [-0.4, -0.2) is 41.4 Å². The van der Waals surface area contributed by atoms with Crippen molar-refractivity contribution < 1.29 is 14.9 Å². The Balaban J connectivity index is 1.71. The van der Waals surface area contributed by atoms with Gasteiger partial charge in [0.15, 0.2) is 0 Å². The molecule has 0 spiro atoms. The van der Waals surface area contributed by atoms with Crippen LogP contribution >= 0.6 is 0 Å². The highest BCUT2D eigenvalue weighted by Crippen LogP contribution is 2.43. The summed E-state index contributed by atoms with van der Waals surface area (Å²) in [6, 6.07) is 8.01. The van der Waals surface area contributed by atoms with Crippen molar-refractivity contribution in [3.8, 4) is 5.75 Å². The molecule has 3 fully saturated rings. The summed E-state index contributed by atoms with van der Waals surface area (Å²) in [5, 5.41) is 10.8. The fraction of sp³-hybridized carbons (Fsp3) is 0.550. The van der Waals surface area contributed by atoms with Crippen LogP contribution in [0.5, 0.6) is 5.75 Å². The van der Waals surface area contributed by atoms with Crippen molar-refractivity contribution in [2.75, 3.05) is 20.2 Å². The van der Waals surface area contributed by atoms with Crippen LogP contribution in [0.3, 0.4) is 0 Å². The van der Waals surface area contributed by atoms with Crippen molar-refractivity contribution in [2.24, 2.45) is 11.8 Å². The summed E-state index contributed by atoms with van der Waals surface area (Å²) < 4.78 is 5.37. The lowest BCUT2D eigenvalue weighted by Gasteiger charge is -2.51.